The van der Waals surface area contributed by atoms with Crippen LogP contribution in [0.4, 0.5) is 0 Å². The fourth-order valence-corrected chi connectivity index (χ4v) is 3.94. The van der Waals surface area contributed by atoms with Crippen molar-refractivity contribution < 1.29 is 14.3 Å². The predicted molar refractivity (Wildman–Crippen MR) is 118 cm³/mol. The van der Waals surface area contributed by atoms with Crippen LogP contribution in [0, 0.1) is 5.92 Å². The highest BCUT2D eigenvalue weighted by Crippen LogP contribution is 2.31. The molecule has 2 aromatic carbocycles. The van der Waals surface area contributed by atoms with E-state index < -0.39 is 5.91 Å². The number of aromatic nitrogens is 2. The second kappa shape index (κ2) is 9.47. The van der Waals surface area contributed by atoms with Crippen LogP contribution in [-0.4, -0.2) is 28.7 Å². The fourth-order valence-electron chi connectivity index (χ4n) is 3.94. The summed E-state index contributed by atoms with van der Waals surface area (Å²) in [7, 11) is 1.58. The minimum atomic E-state index is -0.424. The number of amides is 2. The van der Waals surface area contributed by atoms with Gasteiger partial charge in [-0.2, -0.15) is 5.10 Å². The Morgan fingerprint density at radius 2 is 1.68 bits per heavy atom. The van der Waals surface area contributed by atoms with E-state index in [0.717, 1.165) is 37.8 Å². The summed E-state index contributed by atoms with van der Waals surface area (Å²) in [6, 6.07) is 17.0. The average Bonchev–Trinajstić information content (AvgIpc) is 3.29. The topological polar surface area (TPSA) is 85.2 Å². The van der Waals surface area contributed by atoms with Crippen molar-refractivity contribution >= 4 is 11.8 Å². The quantitative estimate of drug-likeness (QED) is 0.616. The molecule has 0 radical (unpaired) electrons. The summed E-state index contributed by atoms with van der Waals surface area (Å²) in [6.07, 6.45) is 6.65. The number of methoxy groups -OCH3 is 1. The molecule has 160 valence electrons. The van der Waals surface area contributed by atoms with Crippen LogP contribution >= 0.6 is 0 Å². The highest BCUT2D eigenvalue weighted by molar-refractivity contribution is 6.01. The number of carbonyl (C=O) groups is 2. The first-order valence-electron chi connectivity index (χ1n) is 10.6. The summed E-state index contributed by atoms with van der Waals surface area (Å²) in [5.41, 5.74) is 7.52. The van der Waals surface area contributed by atoms with Crippen LogP contribution < -0.4 is 15.6 Å². The van der Waals surface area contributed by atoms with Gasteiger partial charge in [0.25, 0.3) is 5.91 Å². The number of rotatable bonds is 5. The minimum absolute atomic E-state index is 0.0465. The molecule has 7 heteroatoms. The van der Waals surface area contributed by atoms with Gasteiger partial charge in [-0.25, -0.2) is 4.68 Å². The van der Waals surface area contributed by atoms with Crippen LogP contribution in [0.3, 0.4) is 0 Å². The van der Waals surface area contributed by atoms with Gasteiger partial charge in [-0.15, -0.1) is 0 Å². The van der Waals surface area contributed by atoms with Crippen molar-refractivity contribution in [3.8, 4) is 22.7 Å². The molecule has 1 aliphatic rings. The van der Waals surface area contributed by atoms with E-state index in [9.17, 15) is 9.59 Å². The van der Waals surface area contributed by atoms with Gasteiger partial charge in [-0.05, 0) is 37.1 Å². The normalized spacial score (nSPS) is 14.1. The average molecular weight is 418 g/mol. The maximum absolute atomic E-state index is 13.1. The molecule has 0 saturated heterocycles. The lowest BCUT2D eigenvalue weighted by Crippen LogP contribution is -2.45. The molecule has 1 aromatic heterocycles. The molecule has 7 nitrogen and oxygen atoms in total. The maximum atomic E-state index is 13.1. The second-order valence-corrected chi connectivity index (χ2v) is 7.65. The Morgan fingerprint density at radius 1 is 0.968 bits per heavy atom. The number of carbonyl (C=O) groups excluding carboxylic acids is 2. The van der Waals surface area contributed by atoms with Gasteiger partial charge in [0.05, 0.1) is 18.4 Å². The van der Waals surface area contributed by atoms with E-state index in [1.165, 1.54) is 0 Å². The van der Waals surface area contributed by atoms with Crippen molar-refractivity contribution in [3.05, 3.63) is 66.4 Å². The molecule has 1 aliphatic carbocycles. The van der Waals surface area contributed by atoms with Crippen molar-refractivity contribution in [2.75, 3.05) is 7.11 Å². The lowest BCUT2D eigenvalue weighted by Gasteiger charge is -2.20. The Morgan fingerprint density at radius 3 is 2.42 bits per heavy atom. The first-order chi connectivity index (χ1) is 15.2. The van der Waals surface area contributed by atoms with Crippen molar-refractivity contribution in [1.82, 2.24) is 20.6 Å². The third-order valence-electron chi connectivity index (χ3n) is 5.62. The molecule has 0 aliphatic heterocycles. The highest BCUT2D eigenvalue weighted by Gasteiger charge is 2.24. The molecule has 0 bridgehead atoms. The second-order valence-electron chi connectivity index (χ2n) is 7.65. The first kappa shape index (κ1) is 20.7. The van der Waals surface area contributed by atoms with Crippen LogP contribution in [0.2, 0.25) is 0 Å². The number of hydrazine groups is 1. The zero-order chi connectivity index (χ0) is 21.6. The highest BCUT2D eigenvalue weighted by atomic mass is 16.5. The van der Waals surface area contributed by atoms with Crippen molar-refractivity contribution in [2.24, 2.45) is 5.92 Å². The number of hydrogen-bond donors (Lipinski definition) is 2. The lowest BCUT2D eigenvalue weighted by molar-refractivity contribution is -0.126. The van der Waals surface area contributed by atoms with Gasteiger partial charge >= 0.3 is 0 Å². The number of hydrogen-bond acceptors (Lipinski definition) is 4. The fraction of sp³-hybridized carbons (Fsp3) is 0.292. The molecule has 0 spiro atoms. The summed E-state index contributed by atoms with van der Waals surface area (Å²) in [5.74, 6) is 0.00507. The van der Waals surface area contributed by atoms with Gasteiger partial charge in [0.2, 0.25) is 5.91 Å². The Kier molecular flexibility index (Phi) is 6.31. The first-order valence-corrected chi connectivity index (χ1v) is 10.6. The van der Waals surface area contributed by atoms with E-state index >= 15 is 0 Å². The SMILES string of the molecule is COc1ccccc1-c1nn(-c2ccccc2)cc1C(=O)NNC(=O)C1CCCCC1. The number of benzene rings is 2. The number of nitrogens with zero attached hydrogens (tertiary/aromatic N) is 2. The maximum Gasteiger partial charge on any atom is 0.273 e. The third kappa shape index (κ3) is 4.60. The minimum Gasteiger partial charge on any atom is -0.496 e. The molecule has 31 heavy (non-hydrogen) atoms. The van der Waals surface area contributed by atoms with E-state index in [-0.39, 0.29) is 11.8 Å². The van der Waals surface area contributed by atoms with Crippen LogP contribution in [0.25, 0.3) is 16.9 Å². The summed E-state index contributed by atoms with van der Waals surface area (Å²) in [4.78, 5) is 25.5. The van der Waals surface area contributed by atoms with Gasteiger partial charge in [-0.3, -0.25) is 20.4 Å². The van der Waals surface area contributed by atoms with Gasteiger partial charge in [0.15, 0.2) is 0 Å². The zero-order valence-electron chi connectivity index (χ0n) is 17.5. The molecule has 0 atom stereocenters. The molecule has 1 fully saturated rings. The van der Waals surface area contributed by atoms with Crippen LogP contribution in [0.15, 0.2) is 60.8 Å². The number of ether oxygens (including phenoxy) is 1. The molecule has 2 amide bonds. The van der Waals surface area contributed by atoms with Gasteiger partial charge < -0.3 is 4.74 Å². The lowest BCUT2D eigenvalue weighted by atomic mass is 9.89. The predicted octanol–water partition coefficient (Wildman–Crippen LogP) is 3.89. The Bertz CT molecular complexity index is 1060. The zero-order valence-corrected chi connectivity index (χ0v) is 17.5. The van der Waals surface area contributed by atoms with Crippen molar-refractivity contribution in [3.63, 3.8) is 0 Å². The van der Waals surface area contributed by atoms with Crippen molar-refractivity contribution in [1.29, 1.82) is 0 Å². The molecule has 3 aromatic rings. The molecular formula is C24H26N4O3. The van der Waals surface area contributed by atoms with E-state index in [1.54, 1.807) is 18.0 Å². The molecular weight excluding hydrogens is 392 g/mol. The van der Waals surface area contributed by atoms with Crippen LogP contribution in [-0.2, 0) is 4.79 Å². The number of nitrogens with one attached hydrogen (secondary N) is 2. The Hall–Kier alpha value is -3.61. The summed E-state index contributed by atoms with van der Waals surface area (Å²) < 4.78 is 7.13. The molecule has 1 saturated carbocycles. The van der Waals surface area contributed by atoms with Gasteiger partial charge in [-0.1, -0.05) is 49.6 Å². The summed E-state index contributed by atoms with van der Waals surface area (Å²) >= 11 is 0. The largest absolute Gasteiger partial charge is 0.496 e. The van der Waals surface area contributed by atoms with Gasteiger partial charge in [0, 0.05) is 17.7 Å². The summed E-state index contributed by atoms with van der Waals surface area (Å²) in [6.45, 7) is 0. The molecule has 1 heterocycles. The van der Waals surface area contributed by atoms with Crippen LogP contribution in [0.5, 0.6) is 5.75 Å². The van der Waals surface area contributed by atoms with Crippen LogP contribution in [0.1, 0.15) is 42.5 Å². The monoisotopic (exact) mass is 418 g/mol. The van der Waals surface area contributed by atoms with E-state index in [4.69, 9.17) is 4.74 Å². The Labute approximate surface area is 181 Å². The van der Waals surface area contributed by atoms with Gasteiger partial charge in [0.1, 0.15) is 11.4 Å². The Balaban J connectivity index is 1.62. The molecule has 0 unspecified atom stereocenters. The third-order valence-corrected chi connectivity index (χ3v) is 5.62. The standard InChI is InChI=1S/C24H26N4O3/c1-31-21-15-9-8-14-19(21)22-20(16-28(27-22)18-12-6-3-7-13-18)24(30)26-25-23(29)17-10-4-2-5-11-17/h3,6-9,12-17H,2,4-5,10-11H2,1H3,(H,25,29)(H,26,30). The van der Waals surface area contributed by atoms with E-state index in [1.807, 2.05) is 54.6 Å². The van der Waals surface area contributed by atoms with Crippen molar-refractivity contribution in [2.45, 2.75) is 32.1 Å². The number of para-hydroxylation sites is 2. The van der Waals surface area contributed by atoms with E-state index in [0.29, 0.717) is 22.6 Å². The summed E-state index contributed by atoms with van der Waals surface area (Å²) in [5, 5.41) is 4.66. The molecule has 2 N–H and O–H groups in total. The smallest absolute Gasteiger partial charge is 0.273 e. The van der Waals surface area contributed by atoms with E-state index in [2.05, 4.69) is 16.0 Å². The molecule has 4 rings (SSSR count).